The van der Waals surface area contributed by atoms with Crippen LogP contribution in [0.3, 0.4) is 0 Å². The van der Waals surface area contributed by atoms with E-state index in [-0.39, 0.29) is 37.6 Å². The van der Waals surface area contributed by atoms with Crippen molar-refractivity contribution in [1.29, 1.82) is 5.26 Å². The van der Waals surface area contributed by atoms with Crippen LogP contribution in [0.1, 0.15) is 58.2 Å². The van der Waals surface area contributed by atoms with Gasteiger partial charge in [0.15, 0.2) is 0 Å². The maximum absolute atomic E-state index is 11.2. The maximum Gasteiger partial charge on any atom is 2.00 e. The number of benzene rings is 4. The van der Waals surface area contributed by atoms with E-state index in [0.29, 0.717) is 17.0 Å². The van der Waals surface area contributed by atoms with Crippen molar-refractivity contribution in [1.82, 2.24) is 15.0 Å². The van der Waals surface area contributed by atoms with Crippen molar-refractivity contribution in [2.45, 2.75) is 52.4 Å². The van der Waals surface area contributed by atoms with Crippen molar-refractivity contribution < 1.29 is 26.2 Å². The average molecular weight is 770 g/mol. The van der Waals surface area contributed by atoms with Crippen LogP contribution >= 0.6 is 0 Å². The fraction of sp³-hybridized carbons (Fsp3) is 0.205. The Balaban J connectivity index is 0.00000400. The summed E-state index contributed by atoms with van der Waals surface area (Å²) in [6, 6.07) is 33.8. The van der Waals surface area contributed by atoms with Gasteiger partial charge in [-0.3, -0.25) is 4.98 Å². The van der Waals surface area contributed by atoms with E-state index < -0.39 is 0 Å². The van der Waals surface area contributed by atoms with Crippen LogP contribution in [0.5, 0.6) is 5.75 Å². The minimum atomic E-state index is -0.226. The third-order valence-electron chi connectivity index (χ3n) is 7.95. The summed E-state index contributed by atoms with van der Waals surface area (Å²) in [5.41, 5.74) is 9.38. The van der Waals surface area contributed by atoms with Crippen molar-refractivity contribution in [3.05, 3.63) is 114 Å². The number of nitriles is 1. The zero-order chi connectivity index (χ0) is 31.2. The number of aromatic hydroxyl groups is 1. The van der Waals surface area contributed by atoms with Gasteiger partial charge in [-0.05, 0) is 38.9 Å². The normalized spacial score (nSPS) is 11.7. The molecular formula is C39H34N4OPt. The average Bonchev–Trinajstić information content (AvgIpc) is 3.44. The summed E-state index contributed by atoms with van der Waals surface area (Å²) in [6.07, 6.45) is 1.64. The van der Waals surface area contributed by atoms with E-state index in [1.807, 2.05) is 72.8 Å². The van der Waals surface area contributed by atoms with Gasteiger partial charge in [0.1, 0.15) is 11.8 Å². The predicted octanol–water partition coefficient (Wildman–Crippen LogP) is 9.22. The third kappa shape index (κ3) is 6.21. The summed E-state index contributed by atoms with van der Waals surface area (Å²) in [4.78, 5) is 14.5. The summed E-state index contributed by atoms with van der Waals surface area (Å²) in [5, 5.41) is 21.0. The van der Waals surface area contributed by atoms with Gasteiger partial charge in [-0.25, -0.2) is 0 Å². The van der Waals surface area contributed by atoms with Crippen LogP contribution in [0, 0.1) is 17.4 Å². The molecule has 6 rings (SSSR count). The molecule has 4 aromatic carbocycles. The number of phenolic OH excluding ortho intramolecular Hbond substituents is 1. The minimum Gasteiger partial charge on any atom is -0.507 e. The van der Waals surface area contributed by atoms with Crippen molar-refractivity contribution in [2.24, 2.45) is 0 Å². The number of imidazole rings is 1. The van der Waals surface area contributed by atoms with Crippen LogP contribution in [0.15, 0.2) is 91.1 Å². The number of pyridine rings is 1. The first-order chi connectivity index (χ1) is 20.9. The third-order valence-corrected chi connectivity index (χ3v) is 7.95. The summed E-state index contributed by atoms with van der Waals surface area (Å²) in [7, 11) is 0. The molecule has 0 aliphatic heterocycles. The minimum absolute atomic E-state index is 0. The van der Waals surface area contributed by atoms with Gasteiger partial charge >= 0.3 is 21.1 Å². The molecule has 0 saturated carbocycles. The molecule has 0 fully saturated rings. The van der Waals surface area contributed by atoms with Gasteiger partial charge in [0.05, 0.1) is 5.56 Å². The van der Waals surface area contributed by atoms with E-state index in [9.17, 15) is 10.4 Å². The Bertz CT molecular complexity index is 2060. The molecule has 0 spiro atoms. The number of hydrogen-bond acceptors (Lipinski definition) is 4. The van der Waals surface area contributed by atoms with E-state index >= 15 is 0 Å². The van der Waals surface area contributed by atoms with E-state index in [1.54, 1.807) is 6.20 Å². The molecule has 1 N–H and O–H groups in total. The molecule has 6 heteroatoms. The molecule has 2 heterocycles. The number of aromatic nitrogens is 3. The second kappa shape index (κ2) is 12.1. The fourth-order valence-corrected chi connectivity index (χ4v) is 5.49. The number of fused-ring (bicyclic) bond motifs is 1. The monoisotopic (exact) mass is 769 g/mol. The molecule has 226 valence electrons. The predicted molar refractivity (Wildman–Crippen MR) is 177 cm³/mol. The van der Waals surface area contributed by atoms with Gasteiger partial charge in [-0.2, -0.15) is 5.26 Å². The van der Waals surface area contributed by atoms with Gasteiger partial charge in [0.25, 0.3) is 0 Å². The number of nitrogens with zero attached hydrogens (tertiary/aromatic N) is 4. The van der Waals surface area contributed by atoms with Crippen molar-refractivity contribution >= 4 is 11.0 Å². The molecule has 45 heavy (non-hydrogen) atoms. The van der Waals surface area contributed by atoms with E-state index in [1.165, 1.54) is 0 Å². The number of phenols is 1. The quantitative estimate of drug-likeness (QED) is 0.181. The van der Waals surface area contributed by atoms with Gasteiger partial charge in [-0.1, -0.05) is 131 Å². The van der Waals surface area contributed by atoms with Crippen LogP contribution < -0.4 is 4.98 Å². The maximum atomic E-state index is 11.2. The van der Waals surface area contributed by atoms with Crippen molar-refractivity contribution in [3.8, 4) is 56.7 Å². The topological polar surface area (TPSA) is 83.9 Å². The first-order valence-electron chi connectivity index (χ1n) is 14.7. The van der Waals surface area contributed by atoms with Gasteiger partial charge in [0.2, 0.25) is 0 Å². The number of para-hydroxylation sites is 2. The van der Waals surface area contributed by atoms with Crippen LogP contribution in [0.4, 0.5) is 0 Å². The smallest absolute Gasteiger partial charge is 0.507 e. The molecule has 0 aliphatic carbocycles. The zero-order valence-electron chi connectivity index (χ0n) is 26.2. The molecule has 6 aromatic rings. The van der Waals surface area contributed by atoms with Crippen molar-refractivity contribution in [3.63, 3.8) is 0 Å². The van der Waals surface area contributed by atoms with E-state index in [2.05, 4.69) is 65.8 Å². The van der Waals surface area contributed by atoms with E-state index in [4.69, 9.17) is 15.0 Å². The Morgan fingerprint density at radius 2 is 1.47 bits per heavy atom. The SMILES string of the molecule is CC(C)(C)c1cc(-c2cc(-c3ccccc3)c(C#N)cn2)[c-]c(-c2cccc3nc(-c4cccc(C(C)(C)C)c4O)[n-]c23)c1.[Pt+2]. The fourth-order valence-electron chi connectivity index (χ4n) is 5.49. The summed E-state index contributed by atoms with van der Waals surface area (Å²) < 4.78 is 0. The molecule has 0 atom stereocenters. The second-order valence-electron chi connectivity index (χ2n) is 13.2. The Morgan fingerprint density at radius 3 is 2.16 bits per heavy atom. The summed E-state index contributed by atoms with van der Waals surface area (Å²) >= 11 is 0. The zero-order valence-corrected chi connectivity index (χ0v) is 28.5. The molecular weight excluding hydrogens is 736 g/mol. The first-order valence-corrected chi connectivity index (χ1v) is 14.7. The standard InChI is InChI=1S/C39H34N4O.Pt/c1-38(2,3)28-19-25(18-26(20-28)34-21-31(27(22-40)23-41-34)24-12-8-7-9-13-24)29-14-11-17-33-35(29)43-37(42-33)30-15-10-16-32(36(30)44)39(4,5)6;/h7-17,19-21,23H,1-6H3,(H-,42,43,44);/q-2;+2. The first kappa shape index (κ1) is 31.9. The van der Waals surface area contributed by atoms with Crippen LogP contribution in [-0.4, -0.2) is 15.1 Å². The Hall–Kier alpha value is -4.52. The molecule has 0 aliphatic rings. The van der Waals surface area contributed by atoms with E-state index in [0.717, 1.165) is 55.7 Å². The summed E-state index contributed by atoms with van der Waals surface area (Å²) in [6.45, 7) is 12.8. The molecule has 0 bridgehead atoms. The van der Waals surface area contributed by atoms with Crippen molar-refractivity contribution in [2.75, 3.05) is 0 Å². The Kier molecular flexibility index (Phi) is 8.58. The molecule has 0 amide bonds. The van der Waals surface area contributed by atoms with Crippen LogP contribution in [0.2, 0.25) is 0 Å². The van der Waals surface area contributed by atoms with Crippen LogP contribution in [-0.2, 0) is 31.9 Å². The molecule has 0 radical (unpaired) electrons. The second-order valence-corrected chi connectivity index (χ2v) is 13.2. The van der Waals surface area contributed by atoms with Gasteiger partial charge < -0.3 is 15.1 Å². The Morgan fingerprint density at radius 1 is 0.778 bits per heavy atom. The largest absolute Gasteiger partial charge is 2.00 e. The van der Waals surface area contributed by atoms with Crippen LogP contribution in [0.25, 0.3) is 55.9 Å². The number of hydrogen-bond donors (Lipinski definition) is 1. The summed E-state index contributed by atoms with van der Waals surface area (Å²) in [5.74, 6) is 0.700. The molecule has 2 aromatic heterocycles. The number of rotatable bonds is 4. The Labute approximate surface area is 279 Å². The van der Waals surface area contributed by atoms with Gasteiger partial charge in [0, 0.05) is 17.5 Å². The molecule has 0 unspecified atom stereocenters. The molecule has 0 saturated heterocycles. The molecule has 5 nitrogen and oxygen atoms in total. The van der Waals surface area contributed by atoms with Gasteiger partial charge in [-0.15, -0.1) is 29.3 Å².